The van der Waals surface area contributed by atoms with Gasteiger partial charge in [0.25, 0.3) is 5.91 Å². The van der Waals surface area contributed by atoms with Gasteiger partial charge in [-0.05, 0) is 75.5 Å². The fraction of sp³-hybridized carbons (Fsp3) is 0.263. The summed E-state index contributed by atoms with van der Waals surface area (Å²) in [5, 5.41) is 5.86. The molecule has 0 aliphatic rings. The van der Waals surface area contributed by atoms with Crippen molar-refractivity contribution in [2.75, 3.05) is 11.9 Å². The Morgan fingerprint density at radius 2 is 1.88 bits per heavy atom. The maximum Gasteiger partial charge on any atom is 0.261 e. The van der Waals surface area contributed by atoms with Gasteiger partial charge in [0.1, 0.15) is 11.5 Å². The minimum absolute atomic E-state index is 0.0448. The predicted octanol–water partition coefficient (Wildman–Crippen LogP) is 4.76. The van der Waals surface area contributed by atoms with Crippen LogP contribution in [0.2, 0.25) is 0 Å². The first-order chi connectivity index (χ1) is 12.4. The van der Waals surface area contributed by atoms with Crippen LogP contribution in [0.3, 0.4) is 0 Å². The van der Waals surface area contributed by atoms with Crippen LogP contribution in [0.5, 0.6) is 11.5 Å². The molecule has 0 aliphatic heterocycles. The maximum absolute atomic E-state index is 12.6. The molecule has 0 radical (unpaired) electrons. The third-order valence-electron chi connectivity index (χ3n) is 3.20. The molecule has 0 fully saturated rings. The van der Waals surface area contributed by atoms with E-state index in [9.17, 15) is 4.79 Å². The Balaban J connectivity index is 2.04. The average Bonchev–Trinajstić information content (AvgIpc) is 2.58. The lowest BCUT2D eigenvalue weighted by Crippen LogP contribution is -2.34. The Bertz CT molecular complexity index is 779. The molecule has 5 nitrogen and oxygen atoms in total. The van der Waals surface area contributed by atoms with E-state index < -0.39 is 0 Å². The van der Waals surface area contributed by atoms with Crippen LogP contribution in [0.1, 0.15) is 31.1 Å². The van der Waals surface area contributed by atoms with Crippen LogP contribution in [-0.4, -0.2) is 23.7 Å². The number of amides is 1. The van der Waals surface area contributed by atoms with Gasteiger partial charge in [-0.3, -0.25) is 10.1 Å². The van der Waals surface area contributed by atoms with Crippen LogP contribution in [0, 0.1) is 0 Å². The Hall–Kier alpha value is -2.12. The molecule has 2 aromatic rings. The lowest BCUT2D eigenvalue weighted by molar-refractivity contribution is 0.0972. The van der Waals surface area contributed by atoms with Gasteiger partial charge in [-0.1, -0.05) is 15.9 Å². The Morgan fingerprint density at radius 3 is 2.50 bits per heavy atom. The number of carbonyl (C=O) groups is 1. The molecule has 0 spiro atoms. The highest BCUT2D eigenvalue weighted by Crippen LogP contribution is 2.24. The molecule has 0 atom stereocenters. The van der Waals surface area contributed by atoms with E-state index in [1.165, 1.54) is 0 Å². The summed E-state index contributed by atoms with van der Waals surface area (Å²) in [5.41, 5.74) is 1.16. The summed E-state index contributed by atoms with van der Waals surface area (Å²) in [7, 11) is 0. The Morgan fingerprint density at radius 1 is 1.19 bits per heavy atom. The molecule has 2 aromatic carbocycles. The van der Waals surface area contributed by atoms with Gasteiger partial charge in [0.2, 0.25) is 0 Å². The molecule has 0 saturated heterocycles. The number of hydrogen-bond donors (Lipinski definition) is 2. The molecule has 26 heavy (non-hydrogen) atoms. The van der Waals surface area contributed by atoms with Gasteiger partial charge in [0, 0.05) is 10.2 Å². The first-order valence-corrected chi connectivity index (χ1v) is 9.40. The number of rotatable bonds is 6. The van der Waals surface area contributed by atoms with Gasteiger partial charge in [-0.2, -0.15) is 0 Å². The average molecular weight is 437 g/mol. The third-order valence-corrected chi connectivity index (χ3v) is 3.90. The zero-order chi connectivity index (χ0) is 19.1. The molecule has 138 valence electrons. The lowest BCUT2D eigenvalue weighted by Gasteiger charge is -2.15. The van der Waals surface area contributed by atoms with E-state index in [0.29, 0.717) is 17.9 Å². The van der Waals surface area contributed by atoms with Crippen molar-refractivity contribution in [3.8, 4) is 11.5 Å². The molecule has 1 amide bonds. The summed E-state index contributed by atoms with van der Waals surface area (Å²) in [5.74, 6) is 0.938. The van der Waals surface area contributed by atoms with E-state index in [1.54, 1.807) is 12.1 Å². The minimum Gasteiger partial charge on any atom is -0.494 e. The molecular formula is C19H21BrN2O3S. The smallest absolute Gasteiger partial charge is 0.261 e. The van der Waals surface area contributed by atoms with E-state index in [2.05, 4.69) is 26.6 Å². The summed E-state index contributed by atoms with van der Waals surface area (Å²) >= 11 is 8.61. The fourth-order valence-corrected chi connectivity index (χ4v) is 2.74. The molecule has 2 N–H and O–H groups in total. The van der Waals surface area contributed by atoms with Gasteiger partial charge >= 0.3 is 0 Å². The van der Waals surface area contributed by atoms with Gasteiger partial charge in [0.15, 0.2) is 5.11 Å². The molecule has 0 bridgehead atoms. The van der Waals surface area contributed by atoms with Gasteiger partial charge in [-0.15, -0.1) is 0 Å². The molecule has 0 aromatic heterocycles. The van der Waals surface area contributed by atoms with Gasteiger partial charge < -0.3 is 14.8 Å². The molecule has 0 aliphatic carbocycles. The topological polar surface area (TPSA) is 59.6 Å². The molecular weight excluding hydrogens is 416 g/mol. The van der Waals surface area contributed by atoms with Crippen molar-refractivity contribution < 1.29 is 14.3 Å². The number of hydrogen-bond acceptors (Lipinski definition) is 4. The van der Waals surface area contributed by atoms with Crippen molar-refractivity contribution in [1.29, 1.82) is 0 Å². The normalized spacial score (nSPS) is 10.3. The van der Waals surface area contributed by atoms with Crippen LogP contribution in [0.4, 0.5) is 5.69 Å². The zero-order valence-electron chi connectivity index (χ0n) is 14.8. The Labute approximate surface area is 167 Å². The third kappa shape index (κ3) is 6.00. The summed E-state index contributed by atoms with van der Waals surface area (Å²) in [6.07, 6.45) is -0.0448. The van der Waals surface area contributed by atoms with Crippen LogP contribution < -0.4 is 20.1 Å². The van der Waals surface area contributed by atoms with E-state index in [0.717, 1.165) is 15.9 Å². The number of nitrogens with one attached hydrogen (secondary N) is 2. The monoisotopic (exact) mass is 436 g/mol. The van der Waals surface area contributed by atoms with Crippen molar-refractivity contribution in [1.82, 2.24) is 5.32 Å². The van der Waals surface area contributed by atoms with E-state index in [-0.39, 0.29) is 17.1 Å². The highest BCUT2D eigenvalue weighted by atomic mass is 79.9. The molecule has 0 saturated carbocycles. The summed E-state index contributed by atoms with van der Waals surface area (Å²) in [6.45, 7) is 6.34. The second kappa shape index (κ2) is 9.54. The second-order valence-corrected chi connectivity index (χ2v) is 7.00. The SMILES string of the molecule is CCOc1ccc(NC(=S)NC(=O)c2cc(Br)ccc2OC(C)C)cc1. The van der Waals surface area contributed by atoms with E-state index >= 15 is 0 Å². The number of ether oxygens (including phenoxy) is 2. The van der Waals surface area contributed by atoms with Gasteiger partial charge in [-0.25, -0.2) is 0 Å². The van der Waals surface area contributed by atoms with Crippen LogP contribution >= 0.6 is 28.1 Å². The number of benzene rings is 2. The van der Waals surface area contributed by atoms with E-state index in [1.807, 2.05) is 51.1 Å². The van der Waals surface area contributed by atoms with Crippen LogP contribution in [0.15, 0.2) is 46.9 Å². The number of carbonyl (C=O) groups excluding carboxylic acids is 1. The molecule has 7 heteroatoms. The molecule has 2 rings (SSSR count). The first-order valence-electron chi connectivity index (χ1n) is 8.20. The quantitative estimate of drug-likeness (QED) is 0.639. The highest BCUT2D eigenvalue weighted by molar-refractivity contribution is 9.10. The predicted molar refractivity (Wildman–Crippen MR) is 111 cm³/mol. The van der Waals surface area contributed by atoms with Crippen molar-refractivity contribution in [2.24, 2.45) is 0 Å². The van der Waals surface area contributed by atoms with Crippen LogP contribution in [-0.2, 0) is 0 Å². The fourth-order valence-electron chi connectivity index (χ4n) is 2.17. The van der Waals surface area contributed by atoms with Crippen molar-refractivity contribution >= 4 is 44.9 Å². The molecule has 0 heterocycles. The minimum atomic E-state index is -0.342. The van der Waals surface area contributed by atoms with Crippen molar-refractivity contribution in [3.63, 3.8) is 0 Å². The standard InChI is InChI=1S/C19H21BrN2O3S/c1-4-24-15-8-6-14(7-9-15)21-19(26)22-18(23)16-11-13(20)5-10-17(16)25-12(2)3/h5-12H,4H2,1-3H3,(H2,21,22,23,26). The largest absolute Gasteiger partial charge is 0.494 e. The second-order valence-electron chi connectivity index (χ2n) is 5.67. The van der Waals surface area contributed by atoms with E-state index in [4.69, 9.17) is 21.7 Å². The number of anilines is 1. The molecule has 0 unspecified atom stereocenters. The highest BCUT2D eigenvalue weighted by Gasteiger charge is 2.15. The maximum atomic E-state index is 12.6. The summed E-state index contributed by atoms with van der Waals surface area (Å²) < 4.78 is 11.9. The zero-order valence-corrected chi connectivity index (χ0v) is 17.2. The number of halogens is 1. The first kappa shape index (κ1) is 20.2. The van der Waals surface area contributed by atoms with Crippen molar-refractivity contribution in [2.45, 2.75) is 26.9 Å². The van der Waals surface area contributed by atoms with Crippen LogP contribution in [0.25, 0.3) is 0 Å². The lowest BCUT2D eigenvalue weighted by atomic mass is 10.2. The summed E-state index contributed by atoms with van der Waals surface area (Å²) in [4.78, 5) is 12.6. The number of thiocarbonyl (C=S) groups is 1. The van der Waals surface area contributed by atoms with Gasteiger partial charge in [0.05, 0.1) is 18.3 Å². The summed E-state index contributed by atoms with van der Waals surface area (Å²) in [6, 6.07) is 12.6. The Kier molecular flexibility index (Phi) is 7.41. The van der Waals surface area contributed by atoms with Crippen molar-refractivity contribution in [3.05, 3.63) is 52.5 Å².